The fraction of sp³-hybridized carbons (Fsp3) is 0. The number of para-hydroxylation sites is 5. The number of fused-ring (bicyclic) bond motifs is 6. The maximum absolute atomic E-state index is 9.32. The lowest BCUT2D eigenvalue weighted by Crippen LogP contribution is -2.05. The second kappa shape index (κ2) is 11.4. The Bertz CT molecular complexity index is 3410. The number of benzene rings is 7. The van der Waals surface area contributed by atoms with Gasteiger partial charge < -0.3 is 8.98 Å². The number of aromatic nitrogens is 4. The smallest absolute Gasteiger partial charge is 0.166 e. The molecule has 0 aliphatic rings. The minimum absolute atomic E-state index is 0.0104. The highest BCUT2D eigenvalue weighted by Gasteiger charge is 2.24. The fourth-order valence-electron chi connectivity index (χ4n) is 6.57. The molecule has 0 aliphatic heterocycles. The molecule has 234 valence electrons. The largest absolute Gasteiger partial charge is 0.455 e. The van der Waals surface area contributed by atoms with Gasteiger partial charge in [-0.2, -0.15) is 0 Å². The van der Waals surface area contributed by atoms with Crippen molar-refractivity contribution in [2.24, 2.45) is 0 Å². The highest BCUT2D eigenvalue weighted by Crippen LogP contribution is 2.44. The Balaban J connectivity index is 1.42. The Morgan fingerprint density at radius 2 is 1.06 bits per heavy atom. The number of hydrogen-bond donors (Lipinski definition) is 0. The van der Waals surface area contributed by atoms with Crippen molar-refractivity contribution in [1.82, 2.24) is 19.5 Å². The van der Waals surface area contributed by atoms with E-state index in [9.17, 15) is 2.74 Å². The predicted molar refractivity (Wildman–Crippen MR) is 203 cm³/mol. The van der Waals surface area contributed by atoms with E-state index in [0.29, 0.717) is 27.9 Å². The van der Waals surface area contributed by atoms with Crippen LogP contribution in [0.4, 0.5) is 0 Å². The topological polar surface area (TPSA) is 56.7 Å². The first-order valence-corrected chi connectivity index (χ1v) is 15.8. The van der Waals surface area contributed by atoms with E-state index in [1.807, 2.05) is 54.6 Å². The number of rotatable bonds is 5. The van der Waals surface area contributed by atoms with Crippen LogP contribution in [0.15, 0.2) is 174 Å². The molecule has 0 saturated carbocycles. The molecule has 0 saturated heterocycles. The minimum atomic E-state index is -0.580. The number of hydrogen-bond acceptors (Lipinski definition) is 4. The summed E-state index contributed by atoms with van der Waals surface area (Å²) in [6, 6.07) is 25.7. The Kier molecular flexibility index (Phi) is 4.38. The third-order valence-electron chi connectivity index (χ3n) is 8.71. The summed E-state index contributed by atoms with van der Waals surface area (Å²) in [5.74, 6) is -0.100. The van der Waals surface area contributed by atoms with Gasteiger partial charge in [0.1, 0.15) is 11.2 Å². The molecule has 3 aromatic heterocycles. The van der Waals surface area contributed by atoms with Crippen LogP contribution in [-0.2, 0) is 0 Å². The first kappa shape index (κ1) is 19.2. The number of nitrogens with zero attached hydrogens (tertiary/aromatic N) is 4. The van der Waals surface area contributed by atoms with E-state index in [-0.39, 0.29) is 92.3 Å². The molecule has 10 rings (SSSR count). The molecular weight excluding hydrogens is 613 g/mol. The summed E-state index contributed by atoms with van der Waals surface area (Å²) in [4.78, 5) is 14.5. The molecular formula is C45H28N4O. The Morgan fingerprint density at radius 3 is 1.84 bits per heavy atom. The van der Waals surface area contributed by atoms with Gasteiger partial charge in [0.25, 0.3) is 0 Å². The van der Waals surface area contributed by atoms with Crippen molar-refractivity contribution in [1.29, 1.82) is 0 Å². The monoisotopic (exact) mass is 651 g/mol. The van der Waals surface area contributed by atoms with Crippen LogP contribution in [0.25, 0.3) is 94.7 Å². The van der Waals surface area contributed by atoms with Crippen LogP contribution in [0.5, 0.6) is 0 Å². The lowest BCUT2D eigenvalue weighted by molar-refractivity contribution is 0.670. The quantitative estimate of drug-likeness (QED) is 0.186. The van der Waals surface area contributed by atoms with Gasteiger partial charge in [0.05, 0.1) is 31.8 Å². The van der Waals surface area contributed by atoms with E-state index < -0.39 is 30.2 Å². The summed E-state index contributed by atoms with van der Waals surface area (Å²) in [6.07, 6.45) is 0. The lowest BCUT2D eigenvalue weighted by atomic mass is 9.97. The van der Waals surface area contributed by atoms with Crippen LogP contribution in [0.1, 0.15) is 15.1 Å². The van der Waals surface area contributed by atoms with Gasteiger partial charge in [0.15, 0.2) is 17.5 Å². The first-order chi connectivity index (χ1) is 29.3. The minimum Gasteiger partial charge on any atom is -0.455 e. The van der Waals surface area contributed by atoms with Gasteiger partial charge in [-0.05, 0) is 24.2 Å². The summed E-state index contributed by atoms with van der Waals surface area (Å²) in [6.45, 7) is 0. The van der Waals surface area contributed by atoms with Crippen molar-refractivity contribution < 1.29 is 19.5 Å². The summed E-state index contributed by atoms with van der Waals surface area (Å²) >= 11 is 0. The van der Waals surface area contributed by atoms with Crippen molar-refractivity contribution in [3.05, 3.63) is 170 Å². The molecule has 0 fully saturated rings. The second-order valence-electron chi connectivity index (χ2n) is 11.6. The van der Waals surface area contributed by atoms with E-state index in [2.05, 4.69) is 4.98 Å². The molecule has 0 spiro atoms. The van der Waals surface area contributed by atoms with E-state index >= 15 is 0 Å². The van der Waals surface area contributed by atoms with Crippen LogP contribution < -0.4 is 0 Å². The van der Waals surface area contributed by atoms with E-state index in [4.69, 9.17) is 26.7 Å². The van der Waals surface area contributed by atoms with Gasteiger partial charge >= 0.3 is 0 Å². The Morgan fingerprint density at radius 1 is 0.440 bits per heavy atom. The summed E-state index contributed by atoms with van der Waals surface area (Å²) in [7, 11) is 0. The molecule has 5 heteroatoms. The standard InChI is InChI=1S/C45H28N4O/c1-3-15-29(16-4-1)43-46-44(30-17-5-2-6-18-30)48-45(47-43)37-25-13-22-34(36-24-14-23-35-33-21-9-12-28-40(33)50-42(35)36)41(37)49-38-26-10-7-19-31(38)32-20-8-11-27-39(32)49/h1-28H/i1D,3D,4D,7D,8D,15D,16D,19D,20D,26D,27D. The van der Waals surface area contributed by atoms with Crippen LogP contribution in [-0.4, -0.2) is 19.5 Å². The molecule has 0 unspecified atom stereocenters. The Hall–Kier alpha value is -6.85. The first-order valence-electron chi connectivity index (χ1n) is 21.3. The summed E-state index contributed by atoms with van der Waals surface area (Å²) < 4.78 is 105. The van der Waals surface area contributed by atoms with Crippen LogP contribution in [0.2, 0.25) is 0 Å². The number of furan rings is 1. The average Bonchev–Trinajstić information content (AvgIpc) is 3.84. The second-order valence-corrected chi connectivity index (χ2v) is 11.6. The van der Waals surface area contributed by atoms with E-state index in [0.717, 1.165) is 10.8 Å². The molecule has 5 nitrogen and oxygen atoms in total. The Labute approximate surface area is 303 Å². The molecule has 10 aromatic rings. The zero-order valence-electron chi connectivity index (χ0n) is 37.0. The summed E-state index contributed by atoms with van der Waals surface area (Å²) in [5.41, 5.74) is 3.27. The normalized spacial score (nSPS) is 14.7. The van der Waals surface area contributed by atoms with Gasteiger partial charge in [-0.25, -0.2) is 15.0 Å². The van der Waals surface area contributed by atoms with Crippen molar-refractivity contribution in [2.45, 2.75) is 0 Å². The fourth-order valence-corrected chi connectivity index (χ4v) is 6.57. The van der Waals surface area contributed by atoms with Crippen molar-refractivity contribution in [2.75, 3.05) is 0 Å². The maximum Gasteiger partial charge on any atom is 0.166 e. The molecule has 0 bridgehead atoms. The molecule has 50 heavy (non-hydrogen) atoms. The van der Waals surface area contributed by atoms with Crippen molar-refractivity contribution in [3.8, 4) is 51.0 Å². The van der Waals surface area contributed by atoms with Crippen molar-refractivity contribution in [3.63, 3.8) is 0 Å². The van der Waals surface area contributed by atoms with Gasteiger partial charge in [-0.3, -0.25) is 0 Å². The molecule has 0 amide bonds. The predicted octanol–water partition coefficient (Wildman–Crippen LogP) is 11.5. The lowest BCUT2D eigenvalue weighted by Gasteiger charge is -2.19. The SMILES string of the molecule is [2H]c1cc([2H])c2c(c1[2H])c1c([2H])c([2H])cc([2H])c1n2-c1c(-c2nc(-c3ccccc3)nc(-c3c([2H])c([2H])c([2H])c([2H])c3[2H])n2)cccc1-c1cccc2c1oc1ccccc12. The molecule has 0 atom stereocenters. The van der Waals surface area contributed by atoms with Gasteiger partial charge in [0.2, 0.25) is 0 Å². The van der Waals surface area contributed by atoms with Crippen LogP contribution in [0.3, 0.4) is 0 Å². The third kappa shape index (κ3) is 4.45. The molecule has 0 N–H and O–H groups in total. The van der Waals surface area contributed by atoms with Crippen LogP contribution >= 0.6 is 0 Å². The molecule has 7 aromatic carbocycles. The zero-order chi connectivity index (χ0) is 42.6. The molecule has 3 heterocycles. The van der Waals surface area contributed by atoms with Crippen LogP contribution in [0, 0.1) is 0 Å². The van der Waals surface area contributed by atoms with Gasteiger partial charge in [0, 0.05) is 49.4 Å². The third-order valence-corrected chi connectivity index (χ3v) is 8.71. The molecule has 0 radical (unpaired) electrons. The van der Waals surface area contributed by atoms with E-state index in [1.165, 1.54) is 12.1 Å². The van der Waals surface area contributed by atoms with Gasteiger partial charge in [-0.1, -0.05) is 145 Å². The maximum atomic E-state index is 9.32. The zero-order valence-corrected chi connectivity index (χ0v) is 26.0. The molecule has 0 aliphatic carbocycles. The highest BCUT2D eigenvalue weighted by atomic mass is 16.3. The van der Waals surface area contributed by atoms with E-state index in [1.54, 1.807) is 41.0 Å². The van der Waals surface area contributed by atoms with Gasteiger partial charge in [-0.15, -0.1) is 0 Å². The van der Waals surface area contributed by atoms with Crippen molar-refractivity contribution >= 4 is 43.7 Å². The summed E-state index contributed by atoms with van der Waals surface area (Å²) in [5, 5.41) is 1.77. The highest BCUT2D eigenvalue weighted by molar-refractivity contribution is 6.13. The average molecular weight is 652 g/mol.